The third kappa shape index (κ3) is 1.83. The summed E-state index contributed by atoms with van der Waals surface area (Å²) in [6.07, 6.45) is 5.89. The molecule has 1 heterocycles. The molecule has 0 radical (unpaired) electrons. The van der Waals surface area contributed by atoms with Crippen molar-refractivity contribution in [3.63, 3.8) is 0 Å². The molecule has 1 atom stereocenters. The quantitative estimate of drug-likeness (QED) is 0.858. The molecule has 2 aliphatic carbocycles. The van der Waals surface area contributed by atoms with Crippen molar-refractivity contribution >= 4 is 0 Å². The van der Waals surface area contributed by atoms with Crippen molar-refractivity contribution in [2.24, 2.45) is 11.3 Å². The molecule has 2 heteroatoms. The molecule has 96 valence electrons. The Kier molecular flexibility index (Phi) is 2.41. The third-order valence-electron chi connectivity index (χ3n) is 5.00. The number of hydrogen-bond donors (Lipinski definition) is 1. The zero-order valence-corrected chi connectivity index (χ0v) is 10.8. The van der Waals surface area contributed by atoms with Crippen LogP contribution in [0.25, 0.3) is 0 Å². The number of rotatable bonds is 5. The summed E-state index contributed by atoms with van der Waals surface area (Å²) >= 11 is 0. The highest BCUT2D eigenvalue weighted by atomic mass is 16.5. The molecular formula is C16H21NO. The van der Waals surface area contributed by atoms with Gasteiger partial charge in [-0.3, -0.25) is 0 Å². The van der Waals surface area contributed by atoms with Crippen LogP contribution in [0.5, 0.6) is 5.75 Å². The van der Waals surface area contributed by atoms with Crippen molar-refractivity contribution in [1.29, 1.82) is 0 Å². The maximum atomic E-state index is 5.73. The molecule has 1 aromatic carbocycles. The summed E-state index contributed by atoms with van der Waals surface area (Å²) in [5.74, 6) is 2.70. The fourth-order valence-electron chi connectivity index (χ4n) is 3.48. The number of fused-ring (bicyclic) bond motifs is 1. The molecule has 1 aromatic rings. The van der Waals surface area contributed by atoms with Crippen LogP contribution in [0.4, 0.5) is 0 Å². The highest BCUT2D eigenvalue weighted by Gasteiger charge is 2.53. The Hall–Kier alpha value is -1.02. The van der Waals surface area contributed by atoms with Crippen molar-refractivity contribution in [3.05, 3.63) is 29.8 Å². The monoisotopic (exact) mass is 243 g/mol. The first-order valence-corrected chi connectivity index (χ1v) is 7.30. The first-order valence-electron chi connectivity index (χ1n) is 7.30. The lowest BCUT2D eigenvalue weighted by atomic mass is 9.98. The van der Waals surface area contributed by atoms with E-state index in [9.17, 15) is 0 Å². The van der Waals surface area contributed by atoms with Crippen LogP contribution in [-0.4, -0.2) is 19.7 Å². The molecule has 3 aliphatic rings. The first-order chi connectivity index (χ1) is 8.87. The van der Waals surface area contributed by atoms with Gasteiger partial charge in [-0.1, -0.05) is 18.2 Å². The van der Waals surface area contributed by atoms with Gasteiger partial charge in [0.25, 0.3) is 0 Å². The molecule has 2 nitrogen and oxygen atoms in total. The Labute approximate surface area is 109 Å². The molecule has 0 amide bonds. The zero-order valence-electron chi connectivity index (χ0n) is 10.8. The SMILES string of the molecule is c1ccc2c(c1)OCC2CNCC1(C2CC2)CC1. The minimum atomic E-state index is 0.552. The highest BCUT2D eigenvalue weighted by Crippen LogP contribution is 2.60. The summed E-state index contributed by atoms with van der Waals surface area (Å²) in [6.45, 7) is 3.16. The molecule has 2 saturated carbocycles. The Morgan fingerprint density at radius 2 is 2.06 bits per heavy atom. The maximum absolute atomic E-state index is 5.73. The van der Waals surface area contributed by atoms with E-state index in [2.05, 4.69) is 29.6 Å². The van der Waals surface area contributed by atoms with E-state index in [1.807, 2.05) is 0 Å². The second-order valence-electron chi connectivity index (χ2n) is 6.31. The average Bonchev–Trinajstić information content (AvgIpc) is 3.28. The Bertz CT molecular complexity index is 448. The summed E-state index contributed by atoms with van der Waals surface area (Å²) in [7, 11) is 0. The summed E-state index contributed by atoms with van der Waals surface area (Å²) < 4.78 is 5.73. The smallest absolute Gasteiger partial charge is 0.122 e. The molecule has 4 rings (SSSR count). The van der Waals surface area contributed by atoms with Crippen molar-refractivity contribution in [3.8, 4) is 5.75 Å². The molecule has 1 unspecified atom stereocenters. The van der Waals surface area contributed by atoms with Gasteiger partial charge < -0.3 is 10.1 Å². The first kappa shape index (κ1) is 10.9. The molecule has 0 bridgehead atoms. The normalized spacial score (nSPS) is 27.7. The average molecular weight is 243 g/mol. The fraction of sp³-hybridized carbons (Fsp3) is 0.625. The van der Waals surface area contributed by atoms with Crippen molar-refractivity contribution in [1.82, 2.24) is 5.32 Å². The number of hydrogen-bond acceptors (Lipinski definition) is 2. The van der Waals surface area contributed by atoms with E-state index < -0.39 is 0 Å². The van der Waals surface area contributed by atoms with Gasteiger partial charge in [0.15, 0.2) is 0 Å². The lowest BCUT2D eigenvalue weighted by Crippen LogP contribution is -2.29. The number of nitrogens with one attached hydrogen (secondary N) is 1. The van der Waals surface area contributed by atoms with E-state index in [1.165, 1.54) is 37.8 Å². The maximum Gasteiger partial charge on any atom is 0.122 e. The van der Waals surface area contributed by atoms with Crippen molar-refractivity contribution in [2.45, 2.75) is 31.6 Å². The molecule has 1 aliphatic heterocycles. The van der Waals surface area contributed by atoms with Crippen LogP contribution in [0, 0.1) is 11.3 Å². The zero-order chi connectivity index (χ0) is 12.0. The molecule has 0 aromatic heterocycles. The van der Waals surface area contributed by atoms with Gasteiger partial charge in [0.2, 0.25) is 0 Å². The predicted octanol–water partition coefficient (Wildman–Crippen LogP) is 2.94. The van der Waals surface area contributed by atoms with Gasteiger partial charge in [-0.25, -0.2) is 0 Å². The van der Waals surface area contributed by atoms with Gasteiger partial charge >= 0.3 is 0 Å². The van der Waals surface area contributed by atoms with Gasteiger partial charge in [-0.2, -0.15) is 0 Å². The van der Waals surface area contributed by atoms with E-state index in [1.54, 1.807) is 0 Å². The summed E-state index contributed by atoms with van der Waals surface area (Å²) in [5, 5.41) is 3.71. The van der Waals surface area contributed by atoms with E-state index in [0.29, 0.717) is 11.3 Å². The second-order valence-corrected chi connectivity index (χ2v) is 6.31. The van der Waals surface area contributed by atoms with E-state index in [0.717, 1.165) is 24.8 Å². The Balaban J connectivity index is 1.34. The highest BCUT2D eigenvalue weighted by molar-refractivity contribution is 5.39. The van der Waals surface area contributed by atoms with Crippen LogP contribution in [0.1, 0.15) is 37.2 Å². The van der Waals surface area contributed by atoms with Gasteiger partial charge in [0.1, 0.15) is 5.75 Å². The summed E-state index contributed by atoms with van der Waals surface area (Å²) in [4.78, 5) is 0. The van der Waals surface area contributed by atoms with Gasteiger partial charge in [-0.05, 0) is 43.1 Å². The van der Waals surface area contributed by atoms with Gasteiger partial charge in [0.05, 0.1) is 6.61 Å². The molecule has 18 heavy (non-hydrogen) atoms. The third-order valence-corrected chi connectivity index (χ3v) is 5.00. The van der Waals surface area contributed by atoms with Crippen molar-refractivity contribution in [2.75, 3.05) is 19.7 Å². The van der Waals surface area contributed by atoms with Crippen LogP contribution in [-0.2, 0) is 0 Å². The number of benzene rings is 1. The van der Waals surface area contributed by atoms with E-state index >= 15 is 0 Å². The lowest BCUT2D eigenvalue weighted by Gasteiger charge is -2.17. The lowest BCUT2D eigenvalue weighted by molar-refractivity contribution is 0.319. The minimum absolute atomic E-state index is 0.552. The minimum Gasteiger partial charge on any atom is -0.493 e. The van der Waals surface area contributed by atoms with Crippen LogP contribution in [0.15, 0.2) is 24.3 Å². The Morgan fingerprint density at radius 1 is 1.22 bits per heavy atom. The molecule has 2 fully saturated rings. The topological polar surface area (TPSA) is 21.3 Å². The van der Waals surface area contributed by atoms with E-state index in [4.69, 9.17) is 4.74 Å². The largest absolute Gasteiger partial charge is 0.493 e. The van der Waals surface area contributed by atoms with Crippen LogP contribution >= 0.6 is 0 Å². The standard InChI is InChI=1S/C16H21NO/c1-2-4-15-14(3-1)12(10-18-15)9-17-11-16(7-8-16)13-5-6-13/h1-4,12-13,17H,5-11H2. The predicted molar refractivity (Wildman–Crippen MR) is 71.9 cm³/mol. The summed E-state index contributed by atoms with van der Waals surface area (Å²) in [6, 6.07) is 8.47. The molecular weight excluding hydrogens is 222 g/mol. The van der Waals surface area contributed by atoms with Crippen molar-refractivity contribution < 1.29 is 4.74 Å². The Morgan fingerprint density at radius 3 is 2.83 bits per heavy atom. The van der Waals surface area contributed by atoms with Crippen LogP contribution in [0.3, 0.4) is 0 Å². The molecule has 0 saturated heterocycles. The molecule has 0 spiro atoms. The van der Waals surface area contributed by atoms with Gasteiger partial charge in [-0.15, -0.1) is 0 Å². The number of para-hydroxylation sites is 1. The van der Waals surface area contributed by atoms with Crippen LogP contribution in [0.2, 0.25) is 0 Å². The van der Waals surface area contributed by atoms with E-state index in [-0.39, 0.29) is 0 Å². The number of ether oxygens (including phenoxy) is 1. The van der Waals surface area contributed by atoms with Crippen LogP contribution < -0.4 is 10.1 Å². The second kappa shape index (κ2) is 3.99. The summed E-state index contributed by atoms with van der Waals surface area (Å²) in [5.41, 5.74) is 2.10. The van der Waals surface area contributed by atoms with Gasteiger partial charge in [0, 0.05) is 24.6 Å². The fourth-order valence-corrected chi connectivity index (χ4v) is 3.48. The molecule has 1 N–H and O–H groups in total.